The Morgan fingerprint density at radius 1 is 1.50 bits per heavy atom. The van der Waals surface area contributed by atoms with Crippen molar-refractivity contribution in [1.82, 2.24) is 5.32 Å². The molecular formula is C12H15N3O3. The number of carbonyl (C=O) groups is 2. The van der Waals surface area contributed by atoms with Crippen LogP contribution in [0, 0.1) is 0 Å². The summed E-state index contributed by atoms with van der Waals surface area (Å²) >= 11 is 0. The predicted octanol–water partition coefficient (Wildman–Crippen LogP) is 0.565. The van der Waals surface area contributed by atoms with E-state index in [9.17, 15) is 9.59 Å². The van der Waals surface area contributed by atoms with Crippen LogP contribution in [0.15, 0.2) is 18.2 Å². The van der Waals surface area contributed by atoms with Crippen molar-refractivity contribution < 1.29 is 14.3 Å². The van der Waals surface area contributed by atoms with Crippen molar-refractivity contribution in [3.63, 3.8) is 0 Å². The maximum atomic E-state index is 11.5. The van der Waals surface area contributed by atoms with Gasteiger partial charge in [-0.05, 0) is 25.2 Å². The quantitative estimate of drug-likeness (QED) is 0.728. The van der Waals surface area contributed by atoms with E-state index in [-0.39, 0.29) is 18.4 Å². The lowest BCUT2D eigenvalue weighted by Crippen LogP contribution is -2.25. The topological polar surface area (TPSA) is 79.5 Å². The molecular weight excluding hydrogens is 234 g/mol. The SMILES string of the molecule is CNCCC(=O)Nc1ccc2c(c1)NC(=O)CO2. The van der Waals surface area contributed by atoms with Gasteiger partial charge in [-0.25, -0.2) is 0 Å². The van der Waals surface area contributed by atoms with Crippen molar-refractivity contribution in [3.05, 3.63) is 18.2 Å². The molecule has 6 nitrogen and oxygen atoms in total. The summed E-state index contributed by atoms with van der Waals surface area (Å²) in [7, 11) is 1.79. The van der Waals surface area contributed by atoms with E-state index in [4.69, 9.17) is 4.74 Å². The van der Waals surface area contributed by atoms with Crippen LogP contribution in [0.5, 0.6) is 5.75 Å². The number of amides is 2. The largest absolute Gasteiger partial charge is 0.482 e. The number of carbonyl (C=O) groups excluding carboxylic acids is 2. The highest BCUT2D eigenvalue weighted by atomic mass is 16.5. The standard InChI is InChI=1S/C12H15N3O3/c1-13-5-4-11(16)14-8-2-3-10-9(6-8)15-12(17)7-18-10/h2-3,6,13H,4-5,7H2,1H3,(H,14,16)(H,15,17). The van der Waals surface area contributed by atoms with Crippen molar-refractivity contribution in [2.75, 3.05) is 30.8 Å². The molecule has 18 heavy (non-hydrogen) atoms. The van der Waals surface area contributed by atoms with E-state index in [1.807, 2.05) is 0 Å². The summed E-state index contributed by atoms with van der Waals surface area (Å²) < 4.78 is 5.23. The molecule has 1 aliphatic rings. The van der Waals surface area contributed by atoms with Crippen molar-refractivity contribution in [2.24, 2.45) is 0 Å². The Balaban J connectivity index is 2.04. The van der Waals surface area contributed by atoms with E-state index < -0.39 is 0 Å². The van der Waals surface area contributed by atoms with Crippen LogP contribution < -0.4 is 20.7 Å². The molecule has 2 rings (SSSR count). The molecule has 0 fully saturated rings. The van der Waals surface area contributed by atoms with Crippen LogP contribution in [0.25, 0.3) is 0 Å². The van der Waals surface area contributed by atoms with Crippen LogP contribution in [0.2, 0.25) is 0 Å². The molecule has 1 aliphatic heterocycles. The van der Waals surface area contributed by atoms with E-state index in [1.54, 1.807) is 25.2 Å². The highest BCUT2D eigenvalue weighted by Gasteiger charge is 2.16. The summed E-state index contributed by atoms with van der Waals surface area (Å²) in [4.78, 5) is 22.7. The van der Waals surface area contributed by atoms with Gasteiger partial charge in [0.2, 0.25) is 5.91 Å². The fourth-order valence-electron chi connectivity index (χ4n) is 1.62. The molecule has 0 unspecified atom stereocenters. The Bertz CT molecular complexity index is 474. The van der Waals surface area contributed by atoms with E-state index in [1.165, 1.54) is 0 Å². The second-order valence-corrected chi connectivity index (χ2v) is 3.95. The Morgan fingerprint density at radius 2 is 2.33 bits per heavy atom. The monoisotopic (exact) mass is 249 g/mol. The molecule has 1 heterocycles. The minimum atomic E-state index is -0.193. The molecule has 0 saturated heterocycles. The molecule has 3 N–H and O–H groups in total. The number of ether oxygens (including phenoxy) is 1. The maximum Gasteiger partial charge on any atom is 0.262 e. The molecule has 0 atom stereocenters. The van der Waals surface area contributed by atoms with Gasteiger partial charge in [0.25, 0.3) is 5.91 Å². The number of hydrogen-bond donors (Lipinski definition) is 3. The minimum Gasteiger partial charge on any atom is -0.482 e. The number of rotatable bonds is 4. The first-order valence-corrected chi connectivity index (χ1v) is 5.70. The number of benzene rings is 1. The average Bonchev–Trinajstić information content (AvgIpc) is 2.36. The molecule has 0 saturated carbocycles. The maximum absolute atomic E-state index is 11.5. The third-order valence-corrected chi connectivity index (χ3v) is 2.50. The van der Waals surface area contributed by atoms with Crippen LogP contribution >= 0.6 is 0 Å². The van der Waals surface area contributed by atoms with Crippen molar-refractivity contribution in [2.45, 2.75) is 6.42 Å². The van der Waals surface area contributed by atoms with E-state index in [2.05, 4.69) is 16.0 Å². The first-order valence-electron chi connectivity index (χ1n) is 5.70. The van der Waals surface area contributed by atoms with Gasteiger partial charge >= 0.3 is 0 Å². The number of anilines is 2. The highest BCUT2D eigenvalue weighted by Crippen LogP contribution is 2.30. The molecule has 0 aromatic heterocycles. The molecule has 1 aromatic carbocycles. The van der Waals surface area contributed by atoms with Crippen LogP contribution in [0.3, 0.4) is 0 Å². The van der Waals surface area contributed by atoms with Gasteiger partial charge in [0, 0.05) is 18.7 Å². The van der Waals surface area contributed by atoms with Crippen LogP contribution in [0.1, 0.15) is 6.42 Å². The molecule has 0 aliphatic carbocycles. The lowest BCUT2D eigenvalue weighted by Gasteiger charge is -2.18. The smallest absolute Gasteiger partial charge is 0.262 e. The summed E-state index contributed by atoms with van der Waals surface area (Å²) in [6.45, 7) is 0.650. The van der Waals surface area contributed by atoms with Crippen LogP contribution in [-0.4, -0.2) is 32.0 Å². The van der Waals surface area contributed by atoms with Crippen molar-refractivity contribution in [1.29, 1.82) is 0 Å². The van der Waals surface area contributed by atoms with Gasteiger partial charge in [-0.1, -0.05) is 0 Å². The van der Waals surface area contributed by atoms with Gasteiger partial charge in [-0.3, -0.25) is 9.59 Å². The summed E-state index contributed by atoms with van der Waals surface area (Å²) in [5.74, 6) is 0.344. The normalized spacial score (nSPS) is 13.3. The Labute approximate surface area is 105 Å². The number of fused-ring (bicyclic) bond motifs is 1. The molecule has 2 amide bonds. The van der Waals surface area contributed by atoms with Gasteiger partial charge in [-0.2, -0.15) is 0 Å². The summed E-state index contributed by atoms with van der Waals surface area (Å²) in [5.41, 5.74) is 1.22. The van der Waals surface area contributed by atoms with Crippen molar-refractivity contribution >= 4 is 23.2 Å². The highest BCUT2D eigenvalue weighted by molar-refractivity contribution is 5.97. The molecule has 96 valence electrons. The second kappa shape index (κ2) is 5.50. The van der Waals surface area contributed by atoms with Gasteiger partial charge in [0.15, 0.2) is 6.61 Å². The number of hydrogen-bond acceptors (Lipinski definition) is 4. The zero-order chi connectivity index (χ0) is 13.0. The van der Waals surface area contributed by atoms with Gasteiger partial charge in [0.05, 0.1) is 5.69 Å². The molecule has 0 bridgehead atoms. The zero-order valence-electron chi connectivity index (χ0n) is 10.1. The van der Waals surface area contributed by atoms with Crippen LogP contribution in [0.4, 0.5) is 11.4 Å². The second-order valence-electron chi connectivity index (χ2n) is 3.95. The predicted molar refractivity (Wildman–Crippen MR) is 67.7 cm³/mol. The Morgan fingerprint density at radius 3 is 3.11 bits per heavy atom. The van der Waals surface area contributed by atoms with Crippen LogP contribution in [-0.2, 0) is 9.59 Å². The van der Waals surface area contributed by atoms with E-state index in [0.29, 0.717) is 30.1 Å². The lowest BCUT2D eigenvalue weighted by atomic mass is 10.2. The van der Waals surface area contributed by atoms with Gasteiger partial charge < -0.3 is 20.7 Å². The first kappa shape index (κ1) is 12.4. The van der Waals surface area contributed by atoms with Gasteiger partial charge in [-0.15, -0.1) is 0 Å². The third kappa shape index (κ3) is 2.98. The third-order valence-electron chi connectivity index (χ3n) is 2.50. The Hall–Kier alpha value is -2.08. The fraction of sp³-hybridized carbons (Fsp3) is 0.333. The average molecular weight is 249 g/mol. The van der Waals surface area contributed by atoms with Gasteiger partial charge in [0.1, 0.15) is 5.75 Å². The molecule has 0 radical (unpaired) electrons. The molecule has 6 heteroatoms. The summed E-state index contributed by atoms with van der Waals surface area (Å²) in [5, 5.41) is 8.35. The minimum absolute atomic E-state index is 0.0286. The van der Waals surface area contributed by atoms with E-state index >= 15 is 0 Å². The molecule has 0 spiro atoms. The Kier molecular flexibility index (Phi) is 3.78. The number of nitrogens with one attached hydrogen (secondary N) is 3. The summed E-state index contributed by atoms with van der Waals surface area (Å²) in [6.07, 6.45) is 0.399. The first-order chi connectivity index (χ1) is 8.69. The van der Waals surface area contributed by atoms with Crippen molar-refractivity contribution in [3.8, 4) is 5.75 Å². The lowest BCUT2D eigenvalue weighted by molar-refractivity contribution is -0.118. The molecule has 1 aromatic rings. The zero-order valence-corrected chi connectivity index (χ0v) is 10.1. The summed E-state index contributed by atoms with van der Waals surface area (Å²) in [6, 6.07) is 5.15. The fourth-order valence-corrected chi connectivity index (χ4v) is 1.62. The van der Waals surface area contributed by atoms with E-state index in [0.717, 1.165) is 0 Å².